The summed E-state index contributed by atoms with van der Waals surface area (Å²) >= 11 is 0. The van der Waals surface area contributed by atoms with Gasteiger partial charge in [-0.25, -0.2) is 0 Å². The van der Waals surface area contributed by atoms with Gasteiger partial charge < -0.3 is 4.74 Å². The molecular weight excluding hydrogens is 226 g/mol. The maximum absolute atomic E-state index is 10.4. The van der Waals surface area contributed by atoms with Gasteiger partial charge in [-0.1, -0.05) is 0 Å². The molecular formula is C6H10O3Pd. The molecule has 0 aliphatic heterocycles. The summed E-state index contributed by atoms with van der Waals surface area (Å²) in [5.41, 5.74) is 0. The van der Waals surface area contributed by atoms with Crippen molar-refractivity contribution in [1.82, 2.24) is 0 Å². The van der Waals surface area contributed by atoms with Crippen molar-refractivity contribution in [2.45, 2.75) is 20.3 Å². The van der Waals surface area contributed by atoms with Crippen molar-refractivity contribution in [1.29, 1.82) is 0 Å². The van der Waals surface area contributed by atoms with Gasteiger partial charge >= 0.3 is 5.97 Å². The Balaban J connectivity index is 0. The predicted molar refractivity (Wildman–Crippen MR) is 31.9 cm³/mol. The van der Waals surface area contributed by atoms with E-state index in [9.17, 15) is 9.59 Å². The Morgan fingerprint density at radius 2 is 1.90 bits per heavy atom. The van der Waals surface area contributed by atoms with Crippen LogP contribution in [0.25, 0.3) is 0 Å². The monoisotopic (exact) mass is 236 g/mol. The van der Waals surface area contributed by atoms with Crippen LogP contribution >= 0.6 is 0 Å². The fourth-order valence-electron chi connectivity index (χ4n) is 0.415. The van der Waals surface area contributed by atoms with Crippen LogP contribution in [0.5, 0.6) is 0 Å². The molecule has 0 rings (SSSR count). The number of Topliss-reactive ketones (excluding diaryl/α,β-unsaturated/α-hetero) is 1. The summed E-state index contributed by atoms with van der Waals surface area (Å²) in [5.74, 6) is -0.599. The van der Waals surface area contributed by atoms with Crippen molar-refractivity contribution in [3.05, 3.63) is 0 Å². The van der Waals surface area contributed by atoms with Gasteiger partial charge in [-0.15, -0.1) is 0 Å². The topological polar surface area (TPSA) is 43.4 Å². The summed E-state index contributed by atoms with van der Waals surface area (Å²) in [6.07, 6.45) is -0.103. The van der Waals surface area contributed by atoms with Crippen LogP contribution in [0.4, 0.5) is 0 Å². The minimum absolute atomic E-state index is 0. The van der Waals surface area contributed by atoms with Crippen LogP contribution < -0.4 is 0 Å². The summed E-state index contributed by atoms with van der Waals surface area (Å²) in [6, 6.07) is 0. The van der Waals surface area contributed by atoms with E-state index >= 15 is 0 Å². The third-order valence-electron chi connectivity index (χ3n) is 0.699. The summed E-state index contributed by atoms with van der Waals surface area (Å²) in [4.78, 5) is 20.6. The summed E-state index contributed by atoms with van der Waals surface area (Å²) in [5, 5.41) is 0. The van der Waals surface area contributed by atoms with E-state index in [4.69, 9.17) is 0 Å². The molecule has 0 fully saturated rings. The molecule has 0 saturated heterocycles. The Bertz CT molecular complexity index is 122. The second-order valence-electron chi connectivity index (χ2n) is 1.68. The van der Waals surface area contributed by atoms with Crippen molar-refractivity contribution >= 4 is 11.8 Å². The average molecular weight is 237 g/mol. The first-order valence-corrected chi connectivity index (χ1v) is 2.82. The van der Waals surface area contributed by atoms with Crippen LogP contribution in [-0.2, 0) is 34.7 Å². The molecule has 0 aromatic carbocycles. The zero-order valence-electron chi connectivity index (χ0n) is 5.96. The zero-order valence-corrected chi connectivity index (χ0v) is 7.51. The normalized spacial score (nSPS) is 7.80. The molecule has 0 atom stereocenters. The van der Waals surface area contributed by atoms with Gasteiger partial charge in [-0.2, -0.15) is 0 Å². The fourth-order valence-corrected chi connectivity index (χ4v) is 0.415. The van der Waals surface area contributed by atoms with E-state index in [-0.39, 0.29) is 32.6 Å². The van der Waals surface area contributed by atoms with Crippen molar-refractivity contribution in [2.24, 2.45) is 0 Å². The molecule has 0 amide bonds. The van der Waals surface area contributed by atoms with E-state index in [2.05, 4.69) is 4.74 Å². The predicted octanol–water partition coefficient (Wildman–Crippen LogP) is 0.526. The number of rotatable bonds is 3. The van der Waals surface area contributed by atoms with Crippen LogP contribution in [0.3, 0.4) is 0 Å². The molecule has 0 aliphatic rings. The van der Waals surface area contributed by atoms with Crippen LogP contribution in [-0.4, -0.2) is 18.4 Å². The Labute approximate surface area is 73.8 Å². The van der Waals surface area contributed by atoms with E-state index < -0.39 is 5.97 Å². The molecule has 0 radical (unpaired) electrons. The van der Waals surface area contributed by atoms with Crippen molar-refractivity contribution in [2.75, 3.05) is 6.61 Å². The van der Waals surface area contributed by atoms with Gasteiger partial charge in [0.15, 0.2) is 0 Å². The Hall–Kier alpha value is -0.198. The average Bonchev–Trinajstić information content (AvgIpc) is 1.63. The van der Waals surface area contributed by atoms with Gasteiger partial charge in [0.25, 0.3) is 0 Å². The third-order valence-corrected chi connectivity index (χ3v) is 0.699. The minimum atomic E-state index is -0.440. The van der Waals surface area contributed by atoms with Crippen LogP contribution in [0, 0.1) is 0 Å². The van der Waals surface area contributed by atoms with E-state index in [0.29, 0.717) is 6.61 Å². The van der Waals surface area contributed by atoms with E-state index in [1.54, 1.807) is 6.92 Å². The number of ketones is 1. The smallest absolute Gasteiger partial charge is 0.313 e. The van der Waals surface area contributed by atoms with Gasteiger partial charge in [0, 0.05) is 20.4 Å². The summed E-state index contributed by atoms with van der Waals surface area (Å²) in [6.45, 7) is 3.40. The first kappa shape index (κ1) is 12.5. The molecule has 10 heavy (non-hydrogen) atoms. The second-order valence-corrected chi connectivity index (χ2v) is 1.68. The number of hydrogen-bond donors (Lipinski definition) is 0. The minimum Gasteiger partial charge on any atom is -0.466 e. The number of carbonyl (C=O) groups is 2. The Morgan fingerprint density at radius 1 is 1.40 bits per heavy atom. The quantitative estimate of drug-likeness (QED) is 0.408. The molecule has 62 valence electrons. The molecule has 0 unspecified atom stereocenters. The van der Waals surface area contributed by atoms with Crippen LogP contribution in [0.2, 0.25) is 0 Å². The fraction of sp³-hybridized carbons (Fsp3) is 0.667. The maximum atomic E-state index is 10.4. The van der Waals surface area contributed by atoms with Gasteiger partial charge in [0.2, 0.25) is 0 Å². The number of ether oxygens (including phenoxy) is 1. The molecule has 0 N–H and O–H groups in total. The molecule has 0 heterocycles. The largest absolute Gasteiger partial charge is 0.466 e. The second kappa shape index (κ2) is 6.92. The molecule has 3 nitrogen and oxygen atoms in total. The molecule has 0 spiro atoms. The Kier molecular flexibility index (Phi) is 8.63. The molecule has 4 heteroatoms. The van der Waals surface area contributed by atoms with Gasteiger partial charge in [0.05, 0.1) is 6.61 Å². The summed E-state index contributed by atoms with van der Waals surface area (Å²) in [7, 11) is 0. The molecule has 0 bridgehead atoms. The van der Waals surface area contributed by atoms with Crippen LogP contribution in [0.15, 0.2) is 0 Å². The third kappa shape index (κ3) is 7.80. The van der Waals surface area contributed by atoms with E-state index in [1.807, 2.05) is 0 Å². The Morgan fingerprint density at radius 3 is 2.20 bits per heavy atom. The molecule has 0 aromatic heterocycles. The number of hydrogen-bond acceptors (Lipinski definition) is 3. The first-order valence-electron chi connectivity index (χ1n) is 2.82. The van der Waals surface area contributed by atoms with Crippen LogP contribution in [0.1, 0.15) is 20.3 Å². The van der Waals surface area contributed by atoms with Crippen molar-refractivity contribution in [3.63, 3.8) is 0 Å². The molecule has 0 aromatic rings. The molecule has 0 saturated carbocycles. The standard InChI is InChI=1S/C6H10O3.Pd/c1-3-9-6(8)4-5(2)7;/h3-4H2,1-2H3;. The zero-order chi connectivity index (χ0) is 7.28. The number of esters is 1. The van der Waals surface area contributed by atoms with Gasteiger partial charge in [0.1, 0.15) is 12.2 Å². The van der Waals surface area contributed by atoms with Crippen molar-refractivity contribution in [3.8, 4) is 0 Å². The molecule has 0 aliphatic carbocycles. The SMILES string of the molecule is CCOC(=O)CC(C)=O.[Pd]. The van der Waals surface area contributed by atoms with Gasteiger partial charge in [-0.05, 0) is 13.8 Å². The maximum Gasteiger partial charge on any atom is 0.313 e. The first-order chi connectivity index (χ1) is 4.16. The van der Waals surface area contributed by atoms with E-state index in [1.165, 1.54) is 6.92 Å². The van der Waals surface area contributed by atoms with Crippen molar-refractivity contribution < 1.29 is 34.7 Å². The summed E-state index contributed by atoms with van der Waals surface area (Å²) < 4.78 is 4.49. The van der Waals surface area contributed by atoms with E-state index in [0.717, 1.165) is 0 Å². The van der Waals surface area contributed by atoms with Gasteiger partial charge in [-0.3, -0.25) is 9.59 Å². The number of carbonyl (C=O) groups excluding carboxylic acids is 2.